The van der Waals surface area contributed by atoms with Gasteiger partial charge in [0, 0.05) is 42.1 Å². The topological polar surface area (TPSA) is 74.9 Å². The third kappa shape index (κ3) is 3.78. The minimum Gasteiger partial charge on any atom is -0.496 e. The van der Waals surface area contributed by atoms with Gasteiger partial charge < -0.3 is 24.3 Å². The van der Waals surface area contributed by atoms with Gasteiger partial charge in [-0.3, -0.25) is 9.59 Å². The van der Waals surface area contributed by atoms with Crippen molar-refractivity contribution in [2.24, 2.45) is 0 Å². The Kier molecular flexibility index (Phi) is 6.05. The summed E-state index contributed by atoms with van der Waals surface area (Å²) < 4.78 is 11.4. The molecule has 2 aliphatic rings. The number of H-pyrrole nitrogens is 1. The Morgan fingerprint density at radius 3 is 2.63 bits per heavy atom. The normalized spacial score (nSPS) is 22.0. The van der Waals surface area contributed by atoms with Crippen molar-refractivity contribution >= 4 is 22.7 Å². The maximum atomic E-state index is 14.0. The summed E-state index contributed by atoms with van der Waals surface area (Å²) in [5.41, 5.74) is 2.73. The van der Waals surface area contributed by atoms with Crippen LogP contribution >= 0.6 is 0 Å². The van der Waals surface area contributed by atoms with Crippen LogP contribution in [0.2, 0.25) is 0 Å². The molecule has 2 atom stereocenters. The quantitative estimate of drug-likeness (QED) is 0.524. The molecule has 35 heavy (non-hydrogen) atoms. The van der Waals surface area contributed by atoms with Crippen LogP contribution in [0.25, 0.3) is 10.9 Å². The molecular formula is C28H33N3O4. The van der Waals surface area contributed by atoms with E-state index >= 15 is 0 Å². The van der Waals surface area contributed by atoms with Gasteiger partial charge in [-0.15, -0.1) is 0 Å². The average Bonchev–Trinajstić information content (AvgIpc) is 3.25. The maximum absolute atomic E-state index is 14.0. The SMILES string of the molecule is COc1ccccc1[C@H]1CN2C(=O)CN(CCCOC(C)C)C(=O)[C@]2(C)c2[nH]c3ccccc3c21. The second-order valence-electron chi connectivity index (χ2n) is 9.83. The summed E-state index contributed by atoms with van der Waals surface area (Å²) in [4.78, 5) is 34.6. The Bertz CT molecular complexity index is 1270. The second kappa shape index (κ2) is 9.04. The van der Waals surface area contributed by atoms with Gasteiger partial charge in [0.05, 0.1) is 25.5 Å². The van der Waals surface area contributed by atoms with Gasteiger partial charge in [0.15, 0.2) is 5.54 Å². The number of nitrogens with one attached hydrogen (secondary N) is 1. The monoisotopic (exact) mass is 475 g/mol. The molecule has 184 valence electrons. The van der Waals surface area contributed by atoms with Crippen LogP contribution in [0, 0.1) is 0 Å². The predicted octanol–water partition coefficient (Wildman–Crippen LogP) is 4.02. The maximum Gasteiger partial charge on any atom is 0.254 e. The summed E-state index contributed by atoms with van der Waals surface area (Å²) in [5.74, 6) is 0.571. The third-order valence-corrected chi connectivity index (χ3v) is 7.36. The van der Waals surface area contributed by atoms with Gasteiger partial charge in [-0.05, 0) is 44.9 Å². The number of hydrogen-bond acceptors (Lipinski definition) is 4. The van der Waals surface area contributed by atoms with Gasteiger partial charge in [0.25, 0.3) is 5.91 Å². The number of methoxy groups -OCH3 is 1. The molecule has 0 spiro atoms. The van der Waals surface area contributed by atoms with Crippen LogP contribution in [0.5, 0.6) is 5.75 Å². The molecule has 2 aliphatic heterocycles. The Morgan fingerprint density at radius 2 is 1.86 bits per heavy atom. The first kappa shape index (κ1) is 23.4. The summed E-state index contributed by atoms with van der Waals surface area (Å²) in [6.07, 6.45) is 0.831. The number of fused-ring (bicyclic) bond motifs is 5. The number of aromatic amines is 1. The largest absolute Gasteiger partial charge is 0.496 e. The van der Waals surface area contributed by atoms with Crippen molar-refractivity contribution in [3.8, 4) is 5.75 Å². The lowest BCUT2D eigenvalue weighted by Gasteiger charge is -2.51. The van der Waals surface area contributed by atoms with Gasteiger partial charge in [0.1, 0.15) is 5.75 Å². The molecule has 3 aromatic rings. The fourth-order valence-electron chi connectivity index (χ4n) is 5.67. The summed E-state index contributed by atoms with van der Waals surface area (Å²) >= 11 is 0. The Morgan fingerprint density at radius 1 is 1.11 bits per heavy atom. The number of benzene rings is 2. The first-order chi connectivity index (χ1) is 16.9. The van der Waals surface area contributed by atoms with Crippen LogP contribution in [-0.4, -0.2) is 66.1 Å². The third-order valence-electron chi connectivity index (χ3n) is 7.36. The van der Waals surface area contributed by atoms with E-state index < -0.39 is 5.54 Å². The van der Waals surface area contributed by atoms with Crippen molar-refractivity contribution < 1.29 is 19.1 Å². The highest BCUT2D eigenvalue weighted by atomic mass is 16.5. The molecule has 2 amide bonds. The first-order valence-electron chi connectivity index (χ1n) is 12.3. The molecule has 1 aromatic heterocycles. The zero-order valence-electron chi connectivity index (χ0n) is 20.8. The number of piperazine rings is 1. The van der Waals surface area contributed by atoms with E-state index in [2.05, 4.69) is 17.1 Å². The minimum absolute atomic E-state index is 0.0407. The number of carbonyl (C=O) groups excluding carboxylic acids is 2. The average molecular weight is 476 g/mol. The van der Waals surface area contributed by atoms with Crippen molar-refractivity contribution in [1.82, 2.24) is 14.8 Å². The van der Waals surface area contributed by atoms with E-state index in [0.717, 1.165) is 33.5 Å². The van der Waals surface area contributed by atoms with Crippen molar-refractivity contribution in [3.63, 3.8) is 0 Å². The molecular weight excluding hydrogens is 442 g/mol. The number of nitrogens with zero attached hydrogens (tertiary/aromatic N) is 2. The summed E-state index contributed by atoms with van der Waals surface area (Å²) in [6.45, 7) is 7.43. The Balaban J connectivity index is 1.61. The smallest absolute Gasteiger partial charge is 0.254 e. The first-order valence-corrected chi connectivity index (χ1v) is 12.3. The summed E-state index contributed by atoms with van der Waals surface area (Å²) in [7, 11) is 1.67. The fourth-order valence-corrected chi connectivity index (χ4v) is 5.67. The van der Waals surface area contributed by atoms with E-state index in [1.165, 1.54) is 0 Å². The molecule has 1 N–H and O–H groups in total. The van der Waals surface area contributed by atoms with Crippen LogP contribution in [-0.2, 0) is 19.9 Å². The number of hydrogen-bond donors (Lipinski definition) is 1. The van der Waals surface area contributed by atoms with Gasteiger partial charge in [0.2, 0.25) is 5.91 Å². The number of ether oxygens (including phenoxy) is 2. The van der Waals surface area contributed by atoms with Crippen molar-refractivity contribution in [3.05, 3.63) is 65.4 Å². The van der Waals surface area contributed by atoms with Gasteiger partial charge >= 0.3 is 0 Å². The molecule has 7 heteroatoms. The van der Waals surface area contributed by atoms with Crippen LogP contribution in [0.3, 0.4) is 0 Å². The highest BCUT2D eigenvalue weighted by molar-refractivity contribution is 6.01. The Hall–Kier alpha value is -3.32. The highest BCUT2D eigenvalue weighted by Crippen LogP contribution is 2.49. The lowest BCUT2D eigenvalue weighted by atomic mass is 9.76. The van der Waals surface area contributed by atoms with E-state index in [4.69, 9.17) is 9.47 Å². The number of rotatable bonds is 7. The summed E-state index contributed by atoms with van der Waals surface area (Å²) in [6, 6.07) is 16.0. The lowest BCUT2D eigenvalue weighted by molar-refractivity contribution is -0.166. The second-order valence-corrected chi connectivity index (χ2v) is 9.83. The number of amides is 2. The number of carbonyl (C=O) groups is 2. The summed E-state index contributed by atoms with van der Waals surface area (Å²) in [5, 5.41) is 1.07. The molecule has 5 rings (SSSR count). The van der Waals surface area contributed by atoms with Crippen LogP contribution in [0.1, 0.15) is 49.9 Å². The highest BCUT2D eigenvalue weighted by Gasteiger charge is 2.56. The molecule has 1 fully saturated rings. The van der Waals surface area contributed by atoms with E-state index in [-0.39, 0.29) is 30.4 Å². The zero-order chi connectivity index (χ0) is 24.7. The van der Waals surface area contributed by atoms with E-state index in [0.29, 0.717) is 26.1 Å². The van der Waals surface area contributed by atoms with E-state index in [1.54, 1.807) is 16.9 Å². The molecule has 0 radical (unpaired) electrons. The molecule has 0 aliphatic carbocycles. The fraction of sp³-hybridized carbons (Fsp3) is 0.429. The van der Waals surface area contributed by atoms with E-state index in [1.807, 2.05) is 57.2 Å². The van der Waals surface area contributed by atoms with Crippen LogP contribution in [0.4, 0.5) is 0 Å². The van der Waals surface area contributed by atoms with Crippen molar-refractivity contribution in [2.75, 3.05) is 33.4 Å². The van der Waals surface area contributed by atoms with Crippen LogP contribution < -0.4 is 4.74 Å². The minimum atomic E-state index is -1.10. The van der Waals surface area contributed by atoms with Crippen LogP contribution in [0.15, 0.2) is 48.5 Å². The molecule has 3 heterocycles. The van der Waals surface area contributed by atoms with E-state index in [9.17, 15) is 9.59 Å². The standard InChI is InChI=1S/C28H33N3O4/c1-18(2)35-15-9-14-30-17-24(32)31-16-21(19-10-6-8-13-23(19)34-4)25-20-11-5-7-12-22(20)29-26(25)28(31,3)27(30)33/h5-8,10-13,18,21,29H,9,14-17H2,1-4H3/t21-,28+/m1/s1. The number of para-hydroxylation sites is 2. The van der Waals surface area contributed by atoms with Crippen molar-refractivity contribution in [2.45, 2.75) is 44.8 Å². The zero-order valence-corrected chi connectivity index (χ0v) is 20.8. The number of aromatic nitrogens is 1. The van der Waals surface area contributed by atoms with Gasteiger partial charge in [-0.25, -0.2) is 0 Å². The van der Waals surface area contributed by atoms with Crippen molar-refractivity contribution in [1.29, 1.82) is 0 Å². The lowest BCUT2D eigenvalue weighted by Crippen LogP contribution is -2.67. The molecule has 1 saturated heterocycles. The van der Waals surface area contributed by atoms with Gasteiger partial charge in [-0.1, -0.05) is 36.4 Å². The Labute approximate surface area is 206 Å². The molecule has 7 nitrogen and oxygen atoms in total. The predicted molar refractivity (Wildman–Crippen MR) is 134 cm³/mol. The molecule has 0 bridgehead atoms. The molecule has 2 aromatic carbocycles. The molecule has 0 saturated carbocycles. The molecule has 0 unspecified atom stereocenters. The van der Waals surface area contributed by atoms with Gasteiger partial charge in [-0.2, -0.15) is 0 Å².